The number of rotatable bonds is 9. The van der Waals surface area contributed by atoms with E-state index < -0.39 is 45.7 Å². The van der Waals surface area contributed by atoms with Crippen molar-refractivity contribution in [2.75, 3.05) is 33.6 Å². The number of fused-ring (bicyclic) bond motifs is 1. The van der Waals surface area contributed by atoms with Gasteiger partial charge in [-0.25, -0.2) is 28.4 Å². The van der Waals surface area contributed by atoms with Gasteiger partial charge in [0.15, 0.2) is 5.82 Å². The first-order valence-corrected chi connectivity index (χ1v) is 14.1. The number of halogens is 2. The fraction of sp³-hybridized carbons (Fsp3) is 0.207. The van der Waals surface area contributed by atoms with Gasteiger partial charge >= 0.3 is 11.7 Å². The van der Waals surface area contributed by atoms with Crippen LogP contribution in [0, 0.1) is 16.8 Å². The van der Waals surface area contributed by atoms with Gasteiger partial charge in [0.25, 0.3) is 5.56 Å². The minimum atomic E-state index is -0.923. The van der Waals surface area contributed by atoms with Crippen LogP contribution in [0.25, 0.3) is 26.5 Å². The zero-order valence-electron chi connectivity index (χ0n) is 24.5. The molecule has 0 spiro atoms. The molecule has 0 aliphatic rings. The first-order valence-electron chi connectivity index (χ1n) is 13.3. The molecule has 0 aliphatic carbocycles. The first-order chi connectivity index (χ1) is 21.4. The quantitative estimate of drug-likeness (QED) is 0.183. The summed E-state index contributed by atoms with van der Waals surface area (Å²) in [5.41, 5.74) is 1.32. The highest BCUT2D eigenvalue weighted by molar-refractivity contribution is 7.22. The molecular weight excluding hydrogens is 612 g/mol. The molecule has 45 heavy (non-hydrogen) atoms. The SMILES string of the molecule is CONC(=O)Nc1ccc(-c2sc3c(c2C[N+](C)(C)[O-])c(=O)n(-c2ccc(OC)nn2)c(=O)n3Cc2c(F)cccc2F)cc1. The molecule has 0 saturated heterocycles. The van der Waals surface area contributed by atoms with Crippen molar-refractivity contribution in [1.82, 2.24) is 24.8 Å². The second-order valence-electron chi connectivity index (χ2n) is 10.3. The van der Waals surface area contributed by atoms with E-state index in [2.05, 4.69) is 25.8 Å². The number of hydrogen-bond donors (Lipinski definition) is 2. The van der Waals surface area contributed by atoms with E-state index in [4.69, 9.17) is 4.74 Å². The van der Waals surface area contributed by atoms with Crippen molar-refractivity contribution < 1.29 is 27.8 Å². The standard InChI is InChI=1S/C29H27F2N7O6S/c1-38(2,42)15-19-24-26(39)37(22-12-13-23(43-3)34-33-22)29(41)36(14-18-20(30)6-5-7-21(18)31)27(24)45-25(19)16-8-10-17(11-9-16)32-28(40)35-44-4/h5-13H,14-15H2,1-4H3,(H2,32,35,40). The van der Waals surface area contributed by atoms with Crippen LogP contribution >= 0.6 is 11.3 Å². The maximum absolute atomic E-state index is 14.9. The number of carbonyl (C=O) groups is 1. The Morgan fingerprint density at radius 1 is 1.00 bits per heavy atom. The van der Waals surface area contributed by atoms with Crippen molar-refractivity contribution in [2.24, 2.45) is 0 Å². The van der Waals surface area contributed by atoms with E-state index in [0.717, 1.165) is 32.6 Å². The fourth-order valence-electron chi connectivity index (χ4n) is 4.71. The third kappa shape index (κ3) is 6.44. The number of nitrogens with zero attached hydrogens (tertiary/aromatic N) is 5. The van der Waals surface area contributed by atoms with Gasteiger partial charge in [-0.15, -0.1) is 21.5 Å². The van der Waals surface area contributed by atoms with Crippen LogP contribution in [0.1, 0.15) is 11.1 Å². The Labute approximate surface area is 258 Å². The average Bonchev–Trinajstić information content (AvgIpc) is 3.35. The van der Waals surface area contributed by atoms with Gasteiger partial charge in [-0.3, -0.25) is 14.2 Å². The van der Waals surface area contributed by atoms with E-state index in [1.165, 1.54) is 46.5 Å². The number of hydrogen-bond acceptors (Lipinski definition) is 9. The Bertz CT molecular complexity index is 1980. The zero-order chi connectivity index (χ0) is 32.5. The lowest BCUT2D eigenvalue weighted by molar-refractivity contribution is -0.853. The zero-order valence-corrected chi connectivity index (χ0v) is 25.3. The van der Waals surface area contributed by atoms with Gasteiger partial charge < -0.3 is 19.9 Å². The number of urea groups is 1. The van der Waals surface area contributed by atoms with Crippen LogP contribution in [0.3, 0.4) is 0 Å². The Balaban J connectivity index is 1.81. The molecule has 2 N–H and O–H groups in total. The van der Waals surface area contributed by atoms with Crippen molar-refractivity contribution in [3.05, 3.63) is 103 Å². The first kappa shape index (κ1) is 31.4. The molecule has 0 bridgehead atoms. The largest absolute Gasteiger partial charge is 0.633 e. The lowest BCUT2D eigenvalue weighted by Crippen LogP contribution is -2.40. The summed E-state index contributed by atoms with van der Waals surface area (Å²) in [5, 5.41) is 23.5. The number of anilines is 1. The summed E-state index contributed by atoms with van der Waals surface area (Å²) in [6.45, 7) is -0.758. The van der Waals surface area contributed by atoms with Crippen LogP contribution < -0.4 is 26.8 Å². The molecule has 2 aromatic carbocycles. The Kier molecular flexibility index (Phi) is 8.74. The second-order valence-corrected chi connectivity index (χ2v) is 11.3. The van der Waals surface area contributed by atoms with Crippen molar-refractivity contribution >= 4 is 33.3 Å². The molecule has 0 aliphatic heterocycles. The summed E-state index contributed by atoms with van der Waals surface area (Å²) in [6, 6.07) is 12.0. The predicted molar refractivity (Wildman–Crippen MR) is 163 cm³/mol. The van der Waals surface area contributed by atoms with E-state index in [0.29, 0.717) is 21.7 Å². The number of methoxy groups -OCH3 is 1. The monoisotopic (exact) mass is 639 g/mol. The second kappa shape index (κ2) is 12.5. The summed E-state index contributed by atoms with van der Waals surface area (Å²) in [5.74, 6) is -1.79. The number of quaternary nitrogens is 1. The van der Waals surface area contributed by atoms with E-state index in [1.54, 1.807) is 24.3 Å². The normalized spacial score (nSPS) is 11.5. The molecule has 5 aromatic rings. The van der Waals surface area contributed by atoms with Crippen LogP contribution in [0.5, 0.6) is 5.88 Å². The lowest BCUT2D eigenvalue weighted by atomic mass is 10.1. The van der Waals surface area contributed by atoms with Crippen LogP contribution in [0.15, 0.2) is 64.2 Å². The minimum absolute atomic E-state index is 0.00712. The summed E-state index contributed by atoms with van der Waals surface area (Å²) < 4.78 is 35.8. The number of nitrogens with one attached hydrogen (secondary N) is 2. The smallest absolute Gasteiger partial charge is 0.343 e. The Morgan fingerprint density at radius 2 is 1.69 bits per heavy atom. The number of ether oxygens (including phenoxy) is 1. The molecule has 16 heteroatoms. The maximum Gasteiger partial charge on any atom is 0.343 e. The fourth-order valence-corrected chi connectivity index (χ4v) is 6.01. The lowest BCUT2D eigenvalue weighted by Gasteiger charge is -2.33. The highest BCUT2D eigenvalue weighted by atomic mass is 32.1. The minimum Gasteiger partial charge on any atom is -0.633 e. The van der Waals surface area contributed by atoms with E-state index in [1.807, 2.05) is 0 Å². The van der Waals surface area contributed by atoms with Crippen molar-refractivity contribution in [3.8, 4) is 22.1 Å². The van der Waals surface area contributed by atoms with E-state index >= 15 is 0 Å². The van der Waals surface area contributed by atoms with E-state index in [9.17, 15) is 28.4 Å². The summed E-state index contributed by atoms with van der Waals surface area (Å²) in [7, 11) is 5.45. The van der Waals surface area contributed by atoms with Crippen LogP contribution in [-0.4, -0.2) is 58.3 Å². The van der Waals surface area contributed by atoms with Crippen molar-refractivity contribution in [1.29, 1.82) is 0 Å². The molecular formula is C29H27F2N7O6S. The van der Waals surface area contributed by atoms with Gasteiger partial charge in [-0.2, -0.15) is 0 Å². The van der Waals surface area contributed by atoms with Gasteiger partial charge in [0.05, 0.1) is 40.2 Å². The molecule has 0 radical (unpaired) electrons. The van der Waals surface area contributed by atoms with Crippen LogP contribution in [0.4, 0.5) is 19.3 Å². The molecule has 234 valence electrons. The molecule has 5 rings (SSSR count). The predicted octanol–water partition coefficient (Wildman–Crippen LogP) is 3.76. The van der Waals surface area contributed by atoms with Crippen LogP contribution in [0.2, 0.25) is 0 Å². The molecule has 0 saturated carbocycles. The molecule has 0 atom stereocenters. The number of carbonyl (C=O) groups excluding carboxylic acids is 1. The maximum atomic E-state index is 14.9. The topological polar surface area (TPSA) is 152 Å². The van der Waals surface area contributed by atoms with Gasteiger partial charge in [0, 0.05) is 27.8 Å². The third-order valence-corrected chi connectivity index (χ3v) is 7.96. The van der Waals surface area contributed by atoms with Crippen molar-refractivity contribution in [3.63, 3.8) is 0 Å². The third-order valence-electron chi connectivity index (χ3n) is 6.65. The summed E-state index contributed by atoms with van der Waals surface area (Å²) in [6.07, 6.45) is 0. The highest BCUT2D eigenvalue weighted by Gasteiger charge is 2.27. The Morgan fingerprint density at radius 3 is 2.27 bits per heavy atom. The molecule has 3 heterocycles. The number of benzene rings is 2. The van der Waals surface area contributed by atoms with Gasteiger partial charge in [0.2, 0.25) is 5.88 Å². The van der Waals surface area contributed by atoms with Gasteiger partial charge in [-0.1, -0.05) is 18.2 Å². The van der Waals surface area contributed by atoms with E-state index in [-0.39, 0.29) is 28.5 Å². The Hall–Kier alpha value is -5.03. The van der Waals surface area contributed by atoms with Crippen LogP contribution in [-0.2, 0) is 17.9 Å². The number of aromatic nitrogens is 4. The summed E-state index contributed by atoms with van der Waals surface area (Å²) >= 11 is 1.02. The van der Waals surface area contributed by atoms with Crippen molar-refractivity contribution in [2.45, 2.75) is 13.1 Å². The number of hydroxylamine groups is 4. The molecule has 0 unspecified atom stereocenters. The number of amides is 2. The van der Waals surface area contributed by atoms with Gasteiger partial charge in [0.1, 0.15) is 23.0 Å². The molecule has 3 aromatic heterocycles. The number of thiophene rings is 1. The summed E-state index contributed by atoms with van der Waals surface area (Å²) in [4.78, 5) is 45.2. The van der Waals surface area contributed by atoms with Gasteiger partial charge in [-0.05, 0) is 35.9 Å². The molecule has 2 amide bonds. The molecule has 13 nitrogen and oxygen atoms in total. The average molecular weight is 640 g/mol. The molecule has 0 fully saturated rings. The highest BCUT2D eigenvalue weighted by Crippen LogP contribution is 2.39.